The van der Waals surface area contributed by atoms with Gasteiger partial charge in [-0.2, -0.15) is 0 Å². The summed E-state index contributed by atoms with van der Waals surface area (Å²) in [4.78, 5) is 0. The van der Waals surface area contributed by atoms with Crippen molar-refractivity contribution in [3.05, 3.63) is 41.7 Å². The molecule has 0 saturated heterocycles. The first-order valence-electron chi connectivity index (χ1n) is 6.11. The molecule has 0 radical (unpaired) electrons. The van der Waals surface area contributed by atoms with Gasteiger partial charge in [0.1, 0.15) is 11.3 Å². The summed E-state index contributed by atoms with van der Waals surface area (Å²) < 4.78 is 5.76. The highest BCUT2D eigenvalue weighted by molar-refractivity contribution is 5.79. The maximum atomic E-state index is 5.76. The van der Waals surface area contributed by atoms with Crippen molar-refractivity contribution < 1.29 is 4.42 Å². The van der Waals surface area contributed by atoms with Crippen LogP contribution in [0.3, 0.4) is 0 Å². The maximum absolute atomic E-state index is 5.76. The Morgan fingerprint density at radius 1 is 1.41 bits per heavy atom. The molecule has 90 valence electrons. The smallest absolute Gasteiger partial charge is 0.134 e. The summed E-state index contributed by atoms with van der Waals surface area (Å²) in [5.74, 6) is 0.924. The zero-order valence-electron chi connectivity index (χ0n) is 10.7. The number of rotatable bonds is 4. The molecule has 1 atom stereocenters. The lowest BCUT2D eigenvalue weighted by Gasteiger charge is -2.12. The van der Waals surface area contributed by atoms with E-state index in [1.807, 2.05) is 18.2 Å². The molecule has 0 aliphatic heterocycles. The molecular weight excluding hydrogens is 210 g/mol. The van der Waals surface area contributed by atoms with E-state index in [0.29, 0.717) is 6.04 Å². The minimum Gasteiger partial charge on any atom is -0.457 e. The molecule has 2 heteroatoms. The summed E-state index contributed by atoms with van der Waals surface area (Å²) in [7, 11) is 0. The van der Waals surface area contributed by atoms with Gasteiger partial charge in [0.2, 0.25) is 0 Å². The van der Waals surface area contributed by atoms with Crippen molar-refractivity contribution >= 4 is 17.0 Å². The van der Waals surface area contributed by atoms with E-state index >= 15 is 0 Å². The summed E-state index contributed by atoms with van der Waals surface area (Å²) in [6.07, 6.45) is 2.10. The van der Waals surface area contributed by atoms with Gasteiger partial charge in [-0.25, -0.2) is 0 Å². The van der Waals surface area contributed by atoms with Gasteiger partial charge in [0.15, 0.2) is 0 Å². The van der Waals surface area contributed by atoms with Crippen LogP contribution >= 0.6 is 0 Å². The van der Waals surface area contributed by atoms with Crippen molar-refractivity contribution in [1.82, 2.24) is 5.32 Å². The zero-order chi connectivity index (χ0) is 12.3. The number of hydrogen-bond donors (Lipinski definition) is 1. The lowest BCUT2D eigenvalue weighted by molar-refractivity contribution is 0.598. The minimum absolute atomic E-state index is 0.383. The Labute approximate surface area is 102 Å². The summed E-state index contributed by atoms with van der Waals surface area (Å²) >= 11 is 0. The van der Waals surface area contributed by atoms with Crippen LogP contribution < -0.4 is 5.32 Å². The number of nitrogens with one attached hydrogen (secondary N) is 1. The first kappa shape index (κ1) is 11.9. The van der Waals surface area contributed by atoms with Gasteiger partial charge in [0.25, 0.3) is 0 Å². The van der Waals surface area contributed by atoms with Gasteiger partial charge in [0.05, 0.1) is 0 Å². The van der Waals surface area contributed by atoms with E-state index in [-0.39, 0.29) is 0 Å². The Bertz CT molecular complexity index is 491. The third-order valence-corrected chi connectivity index (χ3v) is 3.01. The predicted octanol–water partition coefficient (Wildman–Crippen LogP) is 3.83. The van der Waals surface area contributed by atoms with E-state index < -0.39 is 0 Å². The van der Waals surface area contributed by atoms with Gasteiger partial charge in [-0.1, -0.05) is 30.7 Å². The Morgan fingerprint density at radius 2 is 2.18 bits per heavy atom. The molecule has 1 unspecified atom stereocenters. The monoisotopic (exact) mass is 229 g/mol. The topological polar surface area (TPSA) is 25.2 Å². The van der Waals surface area contributed by atoms with Gasteiger partial charge in [0, 0.05) is 11.4 Å². The Hall–Kier alpha value is -1.54. The van der Waals surface area contributed by atoms with Crippen LogP contribution in [0.15, 0.2) is 40.3 Å². The molecule has 1 heterocycles. The number of furan rings is 1. The summed E-state index contributed by atoms with van der Waals surface area (Å²) in [5, 5.41) is 4.54. The van der Waals surface area contributed by atoms with Crippen molar-refractivity contribution in [1.29, 1.82) is 0 Å². The minimum atomic E-state index is 0.383. The molecule has 0 aliphatic rings. The van der Waals surface area contributed by atoms with E-state index in [2.05, 4.69) is 44.3 Å². The molecule has 0 spiro atoms. The molecule has 1 aromatic carbocycles. The van der Waals surface area contributed by atoms with E-state index in [1.165, 1.54) is 5.57 Å². The number of para-hydroxylation sites is 1. The van der Waals surface area contributed by atoms with Crippen LogP contribution in [-0.2, 0) is 0 Å². The first-order chi connectivity index (χ1) is 8.20. The van der Waals surface area contributed by atoms with Gasteiger partial charge in [-0.05, 0) is 38.6 Å². The lowest BCUT2D eigenvalue weighted by atomic mass is 10.1. The first-order valence-corrected chi connectivity index (χ1v) is 6.11. The van der Waals surface area contributed by atoms with Crippen LogP contribution in [0.5, 0.6) is 0 Å². The van der Waals surface area contributed by atoms with Crippen LogP contribution in [0.25, 0.3) is 17.0 Å². The van der Waals surface area contributed by atoms with Crippen molar-refractivity contribution in [3.8, 4) is 0 Å². The summed E-state index contributed by atoms with van der Waals surface area (Å²) in [5.41, 5.74) is 2.23. The molecule has 0 amide bonds. The average molecular weight is 229 g/mol. The lowest BCUT2D eigenvalue weighted by Crippen LogP contribution is -2.26. The Kier molecular flexibility index (Phi) is 3.64. The van der Waals surface area contributed by atoms with E-state index in [4.69, 9.17) is 4.42 Å². The molecule has 17 heavy (non-hydrogen) atoms. The SMILES string of the molecule is CCNC(C)/C(C)=C/c1cc2ccccc2o1. The van der Waals surface area contributed by atoms with E-state index in [1.54, 1.807) is 0 Å². The fourth-order valence-corrected chi connectivity index (χ4v) is 1.89. The summed E-state index contributed by atoms with van der Waals surface area (Å²) in [6.45, 7) is 7.38. The van der Waals surface area contributed by atoms with Crippen LogP contribution in [0.2, 0.25) is 0 Å². The zero-order valence-corrected chi connectivity index (χ0v) is 10.7. The maximum Gasteiger partial charge on any atom is 0.134 e. The number of hydrogen-bond acceptors (Lipinski definition) is 2. The van der Waals surface area contributed by atoms with Crippen molar-refractivity contribution in [3.63, 3.8) is 0 Å². The molecule has 0 fully saturated rings. The molecular formula is C15H19NO. The van der Waals surface area contributed by atoms with Crippen LogP contribution in [0.1, 0.15) is 26.5 Å². The predicted molar refractivity (Wildman–Crippen MR) is 73.0 cm³/mol. The van der Waals surface area contributed by atoms with Crippen LogP contribution in [-0.4, -0.2) is 12.6 Å². The fourth-order valence-electron chi connectivity index (χ4n) is 1.89. The Morgan fingerprint density at radius 3 is 2.88 bits per heavy atom. The number of likely N-dealkylation sites (N-methyl/N-ethyl adjacent to an activating group) is 1. The molecule has 0 aliphatic carbocycles. The highest BCUT2D eigenvalue weighted by Crippen LogP contribution is 2.21. The fraction of sp³-hybridized carbons (Fsp3) is 0.333. The van der Waals surface area contributed by atoms with Crippen LogP contribution in [0, 0.1) is 0 Å². The third-order valence-electron chi connectivity index (χ3n) is 3.01. The molecule has 1 aromatic heterocycles. The quantitative estimate of drug-likeness (QED) is 0.861. The van der Waals surface area contributed by atoms with Crippen LogP contribution in [0.4, 0.5) is 0 Å². The normalized spacial score (nSPS) is 14.2. The molecule has 2 rings (SSSR count). The molecule has 2 nitrogen and oxygen atoms in total. The van der Waals surface area contributed by atoms with E-state index in [9.17, 15) is 0 Å². The van der Waals surface area contributed by atoms with Crippen molar-refractivity contribution in [2.24, 2.45) is 0 Å². The van der Waals surface area contributed by atoms with E-state index in [0.717, 1.165) is 23.3 Å². The molecule has 2 aromatic rings. The van der Waals surface area contributed by atoms with Gasteiger partial charge in [-0.3, -0.25) is 0 Å². The van der Waals surface area contributed by atoms with Crippen molar-refractivity contribution in [2.45, 2.75) is 26.8 Å². The molecule has 1 N–H and O–H groups in total. The standard InChI is InChI=1S/C15H19NO/c1-4-16-12(3)11(2)9-14-10-13-7-5-6-8-15(13)17-14/h5-10,12,16H,4H2,1-3H3/b11-9+. The molecule has 0 saturated carbocycles. The number of fused-ring (bicyclic) bond motifs is 1. The molecule has 0 bridgehead atoms. The number of benzene rings is 1. The van der Waals surface area contributed by atoms with Gasteiger partial charge < -0.3 is 9.73 Å². The second kappa shape index (κ2) is 5.19. The highest BCUT2D eigenvalue weighted by Gasteiger charge is 2.04. The van der Waals surface area contributed by atoms with Crippen molar-refractivity contribution in [2.75, 3.05) is 6.54 Å². The Balaban J connectivity index is 2.25. The van der Waals surface area contributed by atoms with Gasteiger partial charge in [-0.15, -0.1) is 0 Å². The average Bonchev–Trinajstić information content (AvgIpc) is 2.71. The second-order valence-electron chi connectivity index (χ2n) is 4.35. The third kappa shape index (κ3) is 2.77. The highest BCUT2D eigenvalue weighted by atomic mass is 16.3. The largest absolute Gasteiger partial charge is 0.457 e. The second-order valence-corrected chi connectivity index (χ2v) is 4.35. The summed E-state index contributed by atoms with van der Waals surface area (Å²) in [6, 6.07) is 10.5. The van der Waals surface area contributed by atoms with Gasteiger partial charge >= 0.3 is 0 Å².